The van der Waals surface area contributed by atoms with Crippen LogP contribution in [0.2, 0.25) is 0 Å². The Hall–Kier alpha value is -1.68. The Morgan fingerprint density at radius 1 is 1.15 bits per heavy atom. The van der Waals surface area contributed by atoms with Gasteiger partial charge in [0.25, 0.3) is 0 Å². The van der Waals surface area contributed by atoms with E-state index in [4.69, 9.17) is 9.47 Å². The van der Waals surface area contributed by atoms with Crippen molar-refractivity contribution in [3.63, 3.8) is 0 Å². The van der Waals surface area contributed by atoms with Crippen LogP contribution in [0.5, 0.6) is 0 Å². The lowest BCUT2D eigenvalue weighted by Crippen LogP contribution is -2.34. The molecule has 4 nitrogen and oxygen atoms in total. The second-order valence-corrected chi connectivity index (χ2v) is 4.90. The summed E-state index contributed by atoms with van der Waals surface area (Å²) in [5.74, 6) is -1.68. The fraction of sp³-hybridized carbons (Fsp3) is 0.500. The number of esters is 1. The Morgan fingerprint density at radius 2 is 1.75 bits per heavy atom. The maximum atomic E-state index is 12.6. The molecule has 0 aromatic heterocycles. The lowest BCUT2D eigenvalue weighted by atomic mass is 9.87. The zero-order valence-electron chi connectivity index (χ0n) is 12.5. The molecule has 1 aromatic carbocycles. The first-order valence-corrected chi connectivity index (χ1v) is 6.81. The predicted molar refractivity (Wildman–Crippen MR) is 76.2 cm³/mol. The number of rotatable bonds is 7. The molecule has 0 aliphatic heterocycles. The number of ether oxygens (including phenoxy) is 2. The molecule has 0 aliphatic carbocycles. The topological polar surface area (TPSA) is 52.6 Å². The molecule has 0 aliphatic rings. The molecule has 4 heteroatoms. The van der Waals surface area contributed by atoms with Gasteiger partial charge in [-0.05, 0) is 18.4 Å². The highest BCUT2D eigenvalue weighted by Crippen LogP contribution is 2.26. The van der Waals surface area contributed by atoms with Crippen molar-refractivity contribution in [2.75, 3.05) is 13.7 Å². The molecule has 110 valence electrons. The van der Waals surface area contributed by atoms with E-state index in [0.29, 0.717) is 0 Å². The van der Waals surface area contributed by atoms with Crippen molar-refractivity contribution in [1.82, 2.24) is 0 Å². The number of carbonyl (C=O) groups is 2. The van der Waals surface area contributed by atoms with Crippen LogP contribution in [0.1, 0.15) is 32.4 Å². The molecular weight excluding hydrogens is 256 g/mol. The molecule has 1 rings (SSSR count). The number of benzene rings is 1. The minimum atomic E-state index is -0.805. The number of hydrogen-bond acceptors (Lipinski definition) is 4. The van der Waals surface area contributed by atoms with Gasteiger partial charge in [-0.1, -0.05) is 44.2 Å². The summed E-state index contributed by atoms with van der Waals surface area (Å²) in [5, 5.41) is 0. The lowest BCUT2D eigenvalue weighted by molar-refractivity contribution is -0.156. The first kappa shape index (κ1) is 16.4. The first-order valence-electron chi connectivity index (χ1n) is 6.81. The number of Topliss-reactive ketones (excluding diaryl/α,β-unsaturated/α-hetero) is 1. The monoisotopic (exact) mass is 278 g/mol. The Balaban J connectivity index is 3.01. The number of carbonyl (C=O) groups excluding carboxylic acids is 2. The molecule has 0 bridgehead atoms. The minimum Gasteiger partial charge on any atom is -0.465 e. The van der Waals surface area contributed by atoms with E-state index < -0.39 is 18.0 Å². The summed E-state index contributed by atoms with van der Waals surface area (Å²) in [4.78, 5) is 24.6. The average molecular weight is 278 g/mol. The normalized spacial score (nSPS) is 13.8. The van der Waals surface area contributed by atoms with E-state index in [1.54, 1.807) is 6.92 Å². The summed E-state index contributed by atoms with van der Waals surface area (Å²) in [6.45, 7) is 5.65. The highest BCUT2D eigenvalue weighted by Gasteiger charge is 2.36. The molecule has 0 saturated heterocycles. The van der Waals surface area contributed by atoms with Crippen molar-refractivity contribution in [1.29, 1.82) is 0 Å². The minimum absolute atomic E-state index is 0.136. The molecule has 0 spiro atoms. The van der Waals surface area contributed by atoms with E-state index >= 15 is 0 Å². The van der Waals surface area contributed by atoms with Gasteiger partial charge in [0.2, 0.25) is 0 Å². The van der Waals surface area contributed by atoms with Crippen molar-refractivity contribution in [3.8, 4) is 0 Å². The molecule has 0 fully saturated rings. The molecule has 0 radical (unpaired) electrons. The van der Waals surface area contributed by atoms with Crippen LogP contribution in [-0.4, -0.2) is 25.5 Å². The lowest BCUT2D eigenvalue weighted by Gasteiger charge is -2.23. The first-order chi connectivity index (χ1) is 9.52. The van der Waals surface area contributed by atoms with Gasteiger partial charge in [0.15, 0.2) is 5.78 Å². The number of methoxy groups -OCH3 is 1. The van der Waals surface area contributed by atoms with Crippen LogP contribution in [0.25, 0.3) is 0 Å². The summed E-state index contributed by atoms with van der Waals surface area (Å²) in [6, 6.07) is 9.17. The quantitative estimate of drug-likeness (QED) is 0.568. The molecule has 2 atom stereocenters. The third kappa shape index (κ3) is 3.90. The zero-order chi connectivity index (χ0) is 15.1. The summed E-state index contributed by atoms with van der Waals surface area (Å²) >= 11 is 0. The van der Waals surface area contributed by atoms with E-state index in [-0.39, 0.29) is 18.3 Å². The molecular formula is C16H22O4. The van der Waals surface area contributed by atoms with Gasteiger partial charge < -0.3 is 9.47 Å². The van der Waals surface area contributed by atoms with Gasteiger partial charge in [0, 0.05) is 7.11 Å². The highest BCUT2D eigenvalue weighted by atomic mass is 16.5. The van der Waals surface area contributed by atoms with Crippen LogP contribution in [0.4, 0.5) is 0 Å². The van der Waals surface area contributed by atoms with Crippen molar-refractivity contribution in [2.45, 2.75) is 26.9 Å². The third-order valence-corrected chi connectivity index (χ3v) is 3.11. The van der Waals surface area contributed by atoms with Crippen LogP contribution in [0.3, 0.4) is 0 Å². The van der Waals surface area contributed by atoms with Crippen LogP contribution in [0.15, 0.2) is 30.3 Å². The van der Waals surface area contributed by atoms with Gasteiger partial charge in [-0.3, -0.25) is 9.59 Å². The molecule has 1 aromatic rings. The van der Waals surface area contributed by atoms with Gasteiger partial charge in [0.05, 0.1) is 6.61 Å². The van der Waals surface area contributed by atoms with Gasteiger partial charge in [-0.2, -0.15) is 0 Å². The maximum Gasteiger partial charge on any atom is 0.316 e. The Morgan fingerprint density at radius 3 is 2.20 bits per heavy atom. The van der Waals surface area contributed by atoms with Gasteiger partial charge in [0.1, 0.15) is 12.0 Å². The molecule has 0 saturated carbocycles. The van der Waals surface area contributed by atoms with Crippen molar-refractivity contribution >= 4 is 11.8 Å². The van der Waals surface area contributed by atoms with Crippen molar-refractivity contribution < 1.29 is 19.1 Å². The summed E-state index contributed by atoms with van der Waals surface area (Å²) in [5.41, 5.74) is 0.745. The standard InChI is InChI=1S/C16H22O4/c1-5-20-16(18)13(11(2)3)14(17)15(19-4)12-9-7-6-8-10-12/h6-11,13,15H,5H2,1-4H3. The Kier molecular flexibility index (Phi) is 6.39. The molecule has 0 heterocycles. The SMILES string of the molecule is CCOC(=O)C(C(=O)C(OC)c1ccccc1)C(C)C. The highest BCUT2D eigenvalue weighted by molar-refractivity contribution is 6.01. The van der Waals surface area contributed by atoms with Crippen molar-refractivity contribution in [2.24, 2.45) is 11.8 Å². The molecule has 0 amide bonds. The maximum absolute atomic E-state index is 12.6. The van der Waals surface area contributed by atoms with E-state index in [1.165, 1.54) is 7.11 Å². The van der Waals surface area contributed by atoms with Gasteiger partial charge in [-0.15, -0.1) is 0 Å². The predicted octanol–water partition coefficient (Wildman–Crippen LogP) is 2.78. The van der Waals surface area contributed by atoms with Gasteiger partial charge >= 0.3 is 5.97 Å². The number of hydrogen-bond donors (Lipinski definition) is 0. The molecule has 20 heavy (non-hydrogen) atoms. The van der Waals surface area contributed by atoms with Crippen LogP contribution in [-0.2, 0) is 19.1 Å². The second kappa shape index (κ2) is 7.80. The fourth-order valence-corrected chi connectivity index (χ4v) is 2.16. The van der Waals surface area contributed by atoms with Gasteiger partial charge in [-0.25, -0.2) is 0 Å². The molecule has 0 N–H and O–H groups in total. The average Bonchev–Trinajstić information content (AvgIpc) is 2.40. The zero-order valence-corrected chi connectivity index (χ0v) is 12.5. The summed E-state index contributed by atoms with van der Waals surface area (Å²) in [6.07, 6.45) is -0.743. The van der Waals surface area contributed by atoms with Crippen LogP contribution in [0, 0.1) is 11.8 Å². The second-order valence-electron chi connectivity index (χ2n) is 4.90. The summed E-state index contributed by atoms with van der Waals surface area (Å²) < 4.78 is 10.3. The van der Waals surface area contributed by atoms with Crippen LogP contribution >= 0.6 is 0 Å². The Labute approximate surface area is 120 Å². The van der Waals surface area contributed by atoms with E-state index in [2.05, 4.69) is 0 Å². The third-order valence-electron chi connectivity index (χ3n) is 3.11. The fourth-order valence-electron chi connectivity index (χ4n) is 2.16. The Bertz CT molecular complexity index is 439. The number of ketones is 1. The van der Waals surface area contributed by atoms with Crippen molar-refractivity contribution in [3.05, 3.63) is 35.9 Å². The van der Waals surface area contributed by atoms with E-state index in [9.17, 15) is 9.59 Å². The van der Waals surface area contributed by atoms with E-state index in [1.807, 2.05) is 44.2 Å². The smallest absolute Gasteiger partial charge is 0.316 e. The van der Waals surface area contributed by atoms with Crippen LogP contribution < -0.4 is 0 Å². The molecule has 2 unspecified atom stereocenters. The largest absolute Gasteiger partial charge is 0.465 e. The summed E-state index contributed by atoms with van der Waals surface area (Å²) in [7, 11) is 1.47. The van der Waals surface area contributed by atoms with E-state index in [0.717, 1.165) is 5.56 Å².